The fourth-order valence-corrected chi connectivity index (χ4v) is 3.91. The van der Waals surface area contributed by atoms with Crippen LogP contribution in [0, 0.1) is 0 Å². The van der Waals surface area contributed by atoms with Crippen LogP contribution >= 0.6 is 0 Å². The first kappa shape index (κ1) is 23.5. The number of nitrogens with one attached hydrogen (secondary N) is 2. The van der Waals surface area contributed by atoms with Gasteiger partial charge in [-0.05, 0) is 24.3 Å². The largest absolute Gasteiger partial charge is 0.372 e. The van der Waals surface area contributed by atoms with Gasteiger partial charge in [0.15, 0.2) is 0 Å². The van der Waals surface area contributed by atoms with Crippen molar-refractivity contribution >= 4 is 29.5 Å². The summed E-state index contributed by atoms with van der Waals surface area (Å²) >= 11 is 0. The van der Waals surface area contributed by atoms with E-state index in [0.29, 0.717) is 30.4 Å². The highest BCUT2D eigenvalue weighted by Gasteiger charge is 2.34. The molecule has 172 valence electrons. The van der Waals surface area contributed by atoms with Gasteiger partial charge in [-0.15, -0.1) is 0 Å². The Balaban J connectivity index is 0.00000141. The number of nitrogens with zero attached hydrogens (tertiary/aromatic N) is 5. The molecule has 2 aliphatic rings. The Morgan fingerprint density at radius 3 is 2.31 bits per heavy atom. The summed E-state index contributed by atoms with van der Waals surface area (Å²) in [7, 11) is 1.79. The molecule has 2 fully saturated rings. The molecule has 0 saturated carbocycles. The Morgan fingerprint density at radius 2 is 1.75 bits per heavy atom. The average Bonchev–Trinajstić information content (AvgIpc) is 2.82. The fraction of sp³-hybridized carbons (Fsp3) is 0.478. The van der Waals surface area contributed by atoms with Crippen LogP contribution in [0.4, 0.5) is 17.2 Å². The van der Waals surface area contributed by atoms with Crippen molar-refractivity contribution in [3.8, 4) is 0 Å². The molecule has 4 rings (SSSR count). The van der Waals surface area contributed by atoms with E-state index < -0.39 is 0 Å². The Morgan fingerprint density at radius 1 is 1.06 bits per heavy atom. The molecule has 0 unspecified atom stereocenters. The lowest BCUT2D eigenvalue weighted by atomic mass is 10.0. The van der Waals surface area contributed by atoms with Crippen LogP contribution in [-0.4, -0.2) is 84.4 Å². The molecule has 2 aliphatic heterocycles. The first-order chi connectivity index (χ1) is 15.7. The average molecular weight is 440 g/mol. The van der Waals surface area contributed by atoms with Crippen molar-refractivity contribution in [2.45, 2.75) is 26.3 Å². The number of amides is 2. The van der Waals surface area contributed by atoms with E-state index in [9.17, 15) is 9.59 Å². The molecule has 0 radical (unpaired) electrons. The first-order valence-corrected chi connectivity index (χ1v) is 11.2. The van der Waals surface area contributed by atoms with Gasteiger partial charge >= 0.3 is 0 Å². The molecule has 2 aromatic rings. The summed E-state index contributed by atoms with van der Waals surface area (Å²) in [4.78, 5) is 38.3. The third-order valence-electron chi connectivity index (χ3n) is 5.80. The van der Waals surface area contributed by atoms with Crippen LogP contribution in [0.2, 0.25) is 0 Å². The van der Waals surface area contributed by atoms with E-state index in [1.807, 2.05) is 43.0 Å². The van der Waals surface area contributed by atoms with Crippen LogP contribution in [0.1, 0.15) is 19.5 Å². The maximum Gasteiger partial charge on any atom is 0.228 e. The third kappa shape index (κ3) is 5.73. The van der Waals surface area contributed by atoms with Crippen LogP contribution in [0.25, 0.3) is 0 Å². The predicted molar refractivity (Wildman–Crippen MR) is 127 cm³/mol. The Hall–Kier alpha value is -3.20. The second kappa shape index (κ2) is 11.4. The highest BCUT2D eigenvalue weighted by molar-refractivity contribution is 5.78. The number of carbonyl (C=O) groups excluding carboxylic acids is 2. The van der Waals surface area contributed by atoms with Crippen molar-refractivity contribution in [3.63, 3.8) is 0 Å². The molecule has 3 heterocycles. The molecular weight excluding hydrogens is 406 g/mol. The lowest BCUT2D eigenvalue weighted by Gasteiger charge is -2.49. The number of aromatic nitrogens is 2. The summed E-state index contributed by atoms with van der Waals surface area (Å²) in [6.45, 7) is 9.28. The number of benzene rings is 1. The predicted octanol–water partition coefficient (Wildman–Crippen LogP) is 1.69. The SMILES string of the molecule is CC.CNc1cnc(CC(=O)N2CCN(C3CN(c4ccc(NC=O)cc4)C3)CC2)cn1. The molecule has 2 amide bonds. The van der Waals surface area contributed by atoms with Gasteiger partial charge in [0.1, 0.15) is 5.82 Å². The maximum atomic E-state index is 12.6. The van der Waals surface area contributed by atoms with Crippen molar-refractivity contribution in [3.05, 3.63) is 42.4 Å². The third-order valence-corrected chi connectivity index (χ3v) is 5.80. The molecule has 1 aromatic carbocycles. The summed E-state index contributed by atoms with van der Waals surface area (Å²) in [5.41, 5.74) is 2.67. The van der Waals surface area contributed by atoms with Gasteiger partial charge < -0.3 is 20.4 Å². The van der Waals surface area contributed by atoms with Crippen molar-refractivity contribution < 1.29 is 9.59 Å². The lowest BCUT2D eigenvalue weighted by molar-refractivity contribution is -0.132. The van der Waals surface area contributed by atoms with E-state index in [0.717, 1.165) is 45.0 Å². The van der Waals surface area contributed by atoms with E-state index in [4.69, 9.17) is 0 Å². The monoisotopic (exact) mass is 439 g/mol. The molecule has 2 N–H and O–H groups in total. The minimum atomic E-state index is 0.111. The summed E-state index contributed by atoms with van der Waals surface area (Å²) in [5.74, 6) is 0.809. The molecule has 1 aromatic heterocycles. The standard InChI is InChI=1S/C21H27N7O2.C2H6/c1-22-20-12-23-17(11-24-20)10-21(30)27-8-6-26(7-9-27)19-13-28(14-19)18-4-2-16(3-5-18)25-15-29;1-2/h2-5,11-12,15,19H,6-10,13-14H2,1H3,(H,22,24)(H,25,29);1-2H3. The zero-order valence-electron chi connectivity index (χ0n) is 19.1. The second-order valence-corrected chi connectivity index (χ2v) is 7.60. The van der Waals surface area contributed by atoms with Gasteiger partial charge in [0, 0.05) is 63.7 Å². The number of piperazine rings is 1. The highest BCUT2D eigenvalue weighted by atomic mass is 16.2. The molecule has 2 saturated heterocycles. The summed E-state index contributed by atoms with van der Waals surface area (Å²) in [6.07, 6.45) is 4.29. The van der Waals surface area contributed by atoms with E-state index in [1.54, 1.807) is 19.4 Å². The number of rotatable bonds is 7. The van der Waals surface area contributed by atoms with Crippen molar-refractivity contribution in [2.75, 3.05) is 61.8 Å². The first-order valence-electron chi connectivity index (χ1n) is 11.2. The Labute approximate surface area is 189 Å². The van der Waals surface area contributed by atoms with E-state index in [1.165, 1.54) is 5.69 Å². The maximum absolute atomic E-state index is 12.6. The van der Waals surface area contributed by atoms with Crippen molar-refractivity contribution in [1.82, 2.24) is 19.8 Å². The number of hydrogen-bond donors (Lipinski definition) is 2. The minimum absolute atomic E-state index is 0.111. The molecular formula is C23H33N7O2. The van der Waals surface area contributed by atoms with Crippen LogP contribution < -0.4 is 15.5 Å². The highest BCUT2D eigenvalue weighted by Crippen LogP contribution is 2.25. The summed E-state index contributed by atoms with van der Waals surface area (Å²) < 4.78 is 0. The van der Waals surface area contributed by atoms with Crippen LogP contribution in [0.15, 0.2) is 36.7 Å². The van der Waals surface area contributed by atoms with Crippen LogP contribution in [0.5, 0.6) is 0 Å². The number of anilines is 3. The fourth-order valence-electron chi connectivity index (χ4n) is 3.91. The molecule has 9 heteroatoms. The van der Waals surface area contributed by atoms with Gasteiger partial charge in [-0.25, -0.2) is 4.98 Å². The van der Waals surface area contributed by atoms with Crippen molar-refractivity contribution in [1.29, 1.82) is 0 Å². The molecule has 0 aliphatic carbocycles. The molecule has 32 heavy (non-hydrogen) atoms. The summed E-state index contributed by atoms with van der Waals surface area (Å²) in [5, 5.41) is 5.58. The lowest BCUT2D eigenvalue weighted by Crippen LogP contribution is -2.63. The van der Waals surface area contributed by atoms with Crippen LogP contribution in [0.3, 0.4) is 0 Å². The zero-order valence-corrected chi connectivity index (χ0v) is 19.1. The normalized spacial score (nSPS) is 16.5. The number of carbonyl (C=O) groups is 2. The molecule has 9 nitrogen and oxygen atoms in total. The van der Waals surface area contributed by atoms with Crippen LogP contribution in [-0.2, 0) is 16.0 Å². The van der Waals surface area contributed by atoms with Gasteiger partial charge in [0.2, 0.25) is 12.3 Å². The Kier molecular flexibility index (Phi) is 8.38. The van der Waals surface area contributed by atoms with Gasteiger partial charge in [-0.1, -0.05) is 13.8 Å². The number of hydrogen-bond acceptors (Lipinski definition) is 7. The van der Waals surface area contributed by atoms with Gasteiger partial charge in [0.05, 0.1) is 24.5 Å². The quantitative estimate of drug-likeness (QED) is 0.634. The summed E-state index contributed by atoms with van der Waals surface area (Å²) in [6, 6.07) is 8.42. The molecule has 0 bridgehead atoms. The molecule has 0 spiro atoms. The van der Waals surface area contributed by atoms with E-state index in [-0.39, 0.29) is 5.91 Å². The second-order valence-electron chi connectivity index (χ2n) is 7.60. The zero-order chi connectivity index (χ0) is 22.9. The van der Waals surface area contributed by atoms with Gasteiger partial charge in [-0.3, -0.25) is 19.5 Å². The van der Waals surface area contributed by atoms with Gasteiger partial charge in [0.25, 0.3) is 0 Å². The topological polar surface area (TPSA) is 93.7 Å². The minimum Gasteiger partial charge on any atom is -0.372 e. The smallest absolute Gasteiger partial charge is 0.228 e. The Bertz CT molecular complexity index is 859. The van der Waals surface area contributed by atoms with Crippen molar-refractivity contribution in [2.24, 2.45) is 0 Å². The molecule has 0 atom stereocenters. The van der Waals surface area contributed by atoms with E-state index >= 15 is 0 Å². The van der Waals surface area contributed by atoms with Gasteiger partial charge in [-0.2, -0.15) is 0 Å². The van der Waals surface area contributed by atoms with E-state index in [2.05, 4.69) is 30.4 Å².